The molecule has 1 heterocycles. The normalized spacial score (nSPS) is 15.2. The van der Waals surface area contributed by atoms with Gasteiger partial charge in [0.2, 0.25) is 11.8 Å². The molecule has 2 rings (SSSR count). The van der Waals surface area contributed by atoms with E-state index in [-0.39, 0.29) is 30.3 Å². The maximum Gasteiger partial charge on any atom is 0.254 e. The van der Waals surface area contributed by atoms with E-state index in [4.69, 9.17) is 0 Å². The standard InChI is InChI=1S/C16H21N3O3/c1-11(2)19-9-8-18(10-15(19)21)16(22)13-4-6-14(7-5-13)17-12(3)20/h4-7,11H,8-10H2,1-3H3,(H,17,20). The van der Waals surface area contributed by atoms with Crippen molar-refractivity contribution >= 4 is 23.4 Å². The molecule has 118 valence electrons. The van der Waals surface area contributed by atoms with Crippen LogP contribution in [0.2, 0.25) is 0 Å². The van der Waals surface area contributed by atoms with Crippen molar-refractivity contribution in [3.8, 4) is 0 Å². The molecule has 0 radical (unpaired) electrons. The van der Waals surface area contributed by atoms with Crippen molar-refractivity contribution in [2.24, 2.45) is 0 Å². The lowest BCUT2D eigenvalue weighted by Gasteiger charge is -2.36. The maximum atomic E-state index is 12.4. The van der Waals surface area contributed by atoms with Crippen molar-refractivity contribution in [2.75, 3.05) is 25.0 Å². The summed E-state index contributed by atoms with van der Waals surface area (Å²) in [5, 5.41) is 2.65. The van der Waals surface area contributed by atoms with E-state index in [1.54, 1.807) is 34.1 Å². The smallest absolute Gasteiger partial charge is 0.254 e. The van der Waals surface area contributed by atoms with Crippen molar-refractivity contribution in [1.82, 2.24) is 9.80 Å². The summed E-state index contributed by atoms with van der Waals surface area (Å²) >= 11 is 0. The molecule has 0 spiro atoms. The van der Waals surface area contributed by atoms with Gasteiger partial charge >= 0.3 is 0 Å². The van der Waals surface area contributed by atoms with Crippen LogP contribution >= 0.6 is 0 Å². The highest BCUT2D eigenvalue weighted by molar-refractivity contribution is 5.98. The molecule has 6 heteroatoms. The summed E-state index contributed by atoms with van der Waals surface area (Å²) in [5.74, 6) is -0.343. The molecule has 3 amide bonds. The zero-order chi connectivity index (χ0) is 16.3. The average Bonchev–Trinajstić information content (AvgIpc) is 2.46. The van der Waals surface area contributed by atoms with E-state index < -0.39 is 0 Å². The third kappa shape index (κ3) is 3.63. The fourth-order valence-corrected chi connectivity index (χ4v) is 2.49. The molecule has 1 saturated heterocycles. The lowest BCUT2D eigenvalue weighted by molar-refractivity contribution is -0.136. The number of hydrogen-bond donors (Lipinski definition) is 1. The second-order valence-corrected chi connectivity index (χ2v) is 5.67. The largest absolute Gasteiger partial charge is 0.337 e. The first-order valence-corrected chi connectivity index (χ1v) is 7.35. The summed E-state index contributed by atoms with van der Waals surface area (Å²) < 4.78 is 0. The van der Waals surface area contributed by atoms with Gasteiger partial charge in [-0.25, -0.2) is 0 Å². The Bertz CT molecular complexity index is 581. The highest BCUT2D eigenvalue weighted by atomic mass is 16.2. The molecule has 1 aliphatic rings. The Morgan fingerprint density at radius 2 is 1.77 bits per heavy atom. The Balaban J connectivity index is 2.03. The van der Waals surface area contributed by atoms with Gasteiger partial charge in [-0.1, -0.05) is 0 Å². The molecular weight excluding hydrogens is 282 g/mol. The first kappa shape index (κ1) is 16.0. The van der Waals surface area contributed by atoms with Crippen LogP contribution in [0, 0.1) is 0 Å². The fourth-order valence-electron chi connectivity index (χ4n) is 2.49. The van der Waals surface area contributed by atoms with E-state index in [2.05, 4.69) is 5.32 Å². The van der Waals surface area contributed by atoms with E-state index in [1.807, 2.05) is 13.8 Å². The molecular formula is C16H21N3O3. The van der Waals surface area contributed by atoms with Crippen molar-refractivity contribution < 1.29 is 14.4 Å². The quantitative estimate of drug-likeness (QED) is 0.916. The Labute approximate surface area is 130 Å². The van der Waals surface area contributed by atoms with Gasteiger partial charge in [0.05, 0.1) is 0 Å². The summed E-state index contributed by atoms with van der Waals surface area (Å²) in [6, 6.07) is 6.84. The van der Waals surface area contributed by atoms with Crippen LogP contribution in [0.1, 0.15) is 31.1 Å². The molecule has 1 aromatic rings. The number of carbonyl (C=O) groups excluding carboxylic acids is 3. The van der Waals surface area contributed by atoms with Gasteiger partial charge in [-0.15, -0.1) is 0 Å². The number of piperazine rings is 1. The number of nitrogens with one attached hydrogen (secondary N) is 1. The second-order valence-electron chi connectivity index (χ2n) is 5.67. The predicted molar refractivity (Wildman–Crippen MR) is 83.5 cm³/mol. The van der Waals surface area contributed by atoms with Crippen LogP contribution in [-0.4, -0.2) is 53.2 Å². The summed E-state index contributed by atoms with van der Waals surface area (Å²) in [6.07, 6.45) is 0. The van der Waals surface area contributed by atoms with Gasteiger partial charge in [0.15, 0.2) is 0 Å². The van der Waals surface area contributed by atoms with Crippen LogP contribution in [0.25, 0.3) is 0 Å². The monoisotopic (exact) mass is 303 g/mol. The number of anilines is 1. The highest BCUT2D eigenvalue weighted by Crippen LogP contribution is 2.14. The van der Waals surface area contributed by atoms with Gasteiger partial charge in [0, 0.05) is 37.3 Å². The van der Waals surface area contributed by atoms with Crippen LogP contribution in [0.15, 0.2) is 24.3 Å². The first-order chi connectivity index (χ1) is 10.4. The van der Waals surface area contributed by atoms with Gasteiger partial charge in [-0.3, -0.25) is 14.4 Å². The second kappa shape index (κ2) is 6.60. The number of carbonyl (C=O) groups is 3. The lowest BCUT2D eigenvalue weighted by atomic mass is 10.1. The molecule has 0 atom stereocenters. The predicted octanol–water partition coefficient (Wildman–Crippen LogP) is 1.34. The van der Waals surface area contributed by atoms with E-state index >= 15 is 0 Å². The summed E-state index contributed by atoms with van der Waals surface area (Å²) in [5.41, 5.74) is 1.16. The van der Waals surface area contributed by atoms with Crippen LogP contribution in [0.4, 0.5) is 5.69 Å². The Kier molecular flexibility index (Phi) is 4.80. The van der Waals surface area contributed by atoms with Gasteiger partial charge in [-0.2, -0.15) is 0 Å². The Hall–Kier alpha value is -2.37. The SMILES string of the molecule is CC(=O)Nc1ccc(C(=O)N2CCN(C(C)C)C(=O)C2)cc1. The minimum absolute atomic E-state index is 0.0236. The third-order valence-corrected chi connectivity index (χ3v) is 3.62. The maximum absolute atomic E-state index is 12.4. The number of hydrogen-bond acceptors (Lipinski definition) is 3. The molecule has 0 bridgehead atoms. The zero-order valence-corrected chi connectivity index (χ0v) is 13.1. The van der Waals surface area contributed by atoms with E-state index in [1.165, 1.54) is 6.92 Å². The van der Waals surface area contributed by atoms with E-state index in [9.17, 15) is 14.4 Å². The lowest BCUT2D eigenvalue weighted by Crippen LogP contribution is -2.54. The Morgan fingerprint density at radius 3 is 2.27 bits per heavy atom. The van der Waals surface area contributed by atoms with Gasteiger partial charge in [-0.05, 0) is 38.1 Å². The third-order valence-electron chi connectivity index (χ3n) is 3.62. The van der Waals surface area contributed by atoms with Crippen molar-refractivity contribution in [1.29, 1.82) is 0 Å². The molecule has 0 aliphatic carbocycles. The molecule has 6 nitrogen and oxygen atoms in total. The summed E-state index contributed by atoms with van der Waals surface area (Å²) in [4.78, 5) is 38.8. The van der Waals surface area contributed by atoms with Gasteiger partial charge < -0.3 is 15.1 Å². The fraction of sp³-hybridized carbons (Fsp3) is 0.438. The molecule has 1 aliphatic heterocycles. The van der Waals surface area contributed by atoms with Crippen LogP contribution in [-0.2, 0) is 9.59 Å². The van der Waals surface area contributed by atoms with Crippen molar-refractivity contribution in [3.05, 3.63) is 29.8 Å². The summed E-state index contributed by atoms with van der Waals surface area (Å²) in [6.45, 7) is 6.58. The van der Waals surface area contributed by atoms with Crippen LogP contribution in [0.5, 0.6) is 0 Å². The molecule has 1 aromatic carbocycles. The summed E-state index contributed by atoms with van der Waals surface area (Å²) in [7, 11) is 0. The minimum Gasteiger partial charge on any atom is -0.337 e. The zero-order valence-electron chi connectivity index (χ0n) is 13.1. The average molecular weight is 303 g/mol. The van der Waals surface area contributed by atoms with Crippen LogP contribution < -0.4 is 5.32 Å². The molecule has 22 heavy (non-hydrogen) atoms. The van der Waals surface area contributed by atoms with Crippen LogP contribution in [0.3, 0.4) is 0 Å². The number of benzene rings is 1. The highest BCUT2D eigenvalue weighted by Gasteiger charge is 2.28. The Morgan fingerprint density at radius 1 is 1.14 bits per heavy atom. The first-order valence-electron chi connectivity index (χ1n) is 7.35. The molecule has 0 aromatic heterocycles. The molecule has 1 fully saturated rings. The topological polar surface area (TPSA) is 69.7 Å². The number of nitrogens with zero attached hydrogens (tertiary/aromatic N) is 2. The van der Waals surface area contributed by atoms with E-state index in [0.29, 0.717) is 24.3 Å². The van der Waals surface area contributed by atoms with E-state index in [0.717, 1.165) is 0 Å². The van der Waals surface area contributed by atoms with Gasteiger partial charge in [0.25, 0.3) is 5.91 Å². The minimum atomic E-state index is -0.161. The number of amides is 3. The van der Waals surface area contributed by atoms with Crippen molar-refractivity contribution in [2.45, 2.75) is 26.8 Å². The molecule has 1 N–H and O–H groups in total. The molecule has 0 saturated carbocycles. The number of rotatable bonds is 3. The molecule has 0 unspecified atom stereocenters. The van der Waals surface area contributed by atoms with Crippen molar-refractivity contribution in [3.63, 3.8) is 0 Å². The van der Waals surface area contributed by atoms with Gasteiger partial charge in [0.1, 0.15) is 6.54 Å².